The smallest absolute Gasteiger partial charge is 0.160 e. The number of rotatable bonds is 4. The number of aliphatic imine (C=N–C) groups is 1. The van der Waals surface area contributed by atoms with Crippen molar-refractivity contribution in [3.63, 3.8) is 0 Å². The quantitative estimate of drug-likeness (QED) is 0.712. The summed E-state index contributed by atoms with van der Waals surface area (Å²) < 4.78 is 24.1. The molecule has 2 aliphatic rings. The summed E-state index contributed by atoms with van der Waals surface area (Å²) in [5, 5.41) is 2.31. The van der Waals surface area contributed by atoms with Crippen molar-refractivity contribution in [2.24, 2.45) is 4.99 Å². The average molecular weight is 441 g/mol. The molecule has 0 saturated carbocycles. The molecular formula is C19H18Cl2N2O2S2. The highest BCUT2D eigenvalue weighted by Crippen LogP contribution is 2.33. The van der Waals surface area contributed by atoms with E-state index in [4.69, 9.17) is 28.2 Å². The van der Waals surface area contributed by atoms with Crippen LogP contribution in [-0.2, 0) is 22.1 Å². The van der Waals surface area contributed by atoms with Gasteiger partial charge in [0.15, 0.2) is 15.0 Å². The topological polar surface area (TPSA) is 49.7 Å². The van der Waals surface area contributed by atoms with Gasteiger partial charge < -0.3 is 4.90 Å². The Morgan fingerprint density at radius 3 is 2.19 bits per heavy atom. The van der Waals surface area contributed by atoms with E-state index < -0.39 is 9.84 Å². The van der Waals surface area contributed by atoms with E-state index in [1.165, 1.54) is 0 Å². The van der Waals surface area contributed by atoms with Gasteiger partial charge in [-0.1, -0.05) is 59.2 Å². The first-order valence-corrected chi connectivity index (χ1v) is 12.1. The van der Waals surface area contributed by atoms with Gasteiger partial charge in [0.1, 0.15) is 0 Å². The second kappa shape index (κ2) is 7.66. The fourth-order valence-electron chi connectivity index (χ4n) is 3.41. The molecule has 2 aromatic rings. The van der Waals surface area contributed by atoms with Gasteiger partial charge in [-0.05, 0) is 35.4 Å². The molecule has 4 nitrogen and oxygen atoms in total. The highest BCUT2D eigenvalue weighted by Gasteiger charge is 2.46. The molecule has 0 unspecified atom stereocenters. The maximum absolute atomic E-state index is 12.1. The predicted octanol–water partition coefficient (Wildman–Crippen LogP) is 4.26. The number of halogens is 2. The van der Waals surface area contributed by atoms with Crippen LogP contribution in [0.15, 0.2) is 53.5 Å². The first-order chi connectivity index (χ1) is 12.9. The number of nitrogens with zero attached hydrogens (tertiary/aromatic N) is 2. The van der Waals surface area contributed by atoms with E-state index in [-0.39, 0.29) is 23.6 Å². The molecule has 2 aliphatic heterocycles. The van der Waals surface area contributed by atoms with E-state index in [1.807, 2.05) is 48.5 Å². The summed E-state index contributed by atoms with van der Waals surface area (Å²) in [6.45, 7) is 0.625. The first kappa shape index (κ1) is 19.1. The summed E-state index contributed by atoms with van der Waals surface area (Å²) in [4.78, 5) is 6.89. The molecule has 0 aliphatic carbocycles. The van der Waals surface area contributed by atoms with Crippen molar-refractivity contribution in [2.45, 2.75) is 24.4 Å². The minimum atomic E-state index is -3.03. The SMILES string of the molecule is O=S1(=O)C[C@@H]2N=C(SCc3ccc(Cl)cc3)N(Cc3ccc(Cl)cc3)[C@H]2C1. The summed E-state index contributed by atoms with van der Waals surface area (Å²) in [5.74, 6) is 1.07. The van der Waals surface area contributed by atoms with Gasteiger partial charge >= 0.3 is 0 Å². The van der Waals surface area contributed by atoms with Crippen molar-refractivity contribution >= 4 is 50.0 Å². The minimum absolute atomic E-state index is 0.0848. The van der Waals surface area contributed by atoms with Gasteiger partial charge in [0, 0.05) is 22.3 Å². The zero-order chi connectivity index (χ0) is 19.0. The lowest BCUT2D eigenvalue weighted by Gasteiger charge is -2.26. The van der Waals surface area contributed by atoms with Crippen LogP contribution in [-0.4, -0.2) is 42.1 Å². The van der Waals surface area contributed by atoms with Crippen LogP contribution >= 0.6 is 35.0 Å². The van der Waals surface area contributed by atoms with Crippen LogP contribution in [0, 0.1) is 0 Å². The second-order valence-electron chi connectivity index (χ2n) is 6.79. The predicted molar refractivity (Wildman–Crippen MR) is 113 cm³/mol. The Kier molecular flexibility index (Phi) is 5.43. The number of fused-ring (bicyclic) bond motifs is 1. The molecule has 0 amide bonds. The van der Waals surface area contributed by atoms with Gasteiger partial charge in [-0.3, -0.25) is 4.99 Å². The lowest BCUT2D eigenvalue weighted by Crippen LogP contribution is -2.38. The van der Waals surface area contributed by atoms with Crippen LogP contribution in [0.2, 0.25) is 10.0 Å². The fourth-order valence-corrected chi connectivity index (χ4v) is 6.60. The molecule has 8 heteroatoms. The standard InChI is InChI=1S/C19H18Cl2N2O2S2/c20-15-5-1-13(2-6-15)9-23-18-12-27(24,25)11-17(18)22-19(23)26-10-14-3-7-16(21)8-4-14/h1-8,17-18H,9-12H2/t17-,18-/m0/s1. The molecule has 0 N–H and O–H groups in total. The Labute approximate surface area is 173 Å². The number of amidine groups is 1. The Bertz CT molecular complexity index is 960. The molecule has 1 fully saturated rings. The fraction of sp³-hybridized carbons (Fsp3) is 0.316. The first-order valence-electron chi connectivity index (χ1n) is 8.56. The third-order valence-corrected chi connectivity index (χ3v) is 8.04. The second-order valence-corrected chi connectivity index (χ2v) is 10.8. The van der Waals surface area contributed by atoms with Gasteiger partial charge in [-0.25, -0.2) is 8.42 Å². The Balaban J connectivity index is 1.53. The summed E-state index contributed by atoms with van der Waals surface area (Å²) in [6, 6.07) is 15.1. The van der Waals surface area contributed by atoms with Crippen LogP contribution in [0.4, 0.5) is 0 Å². The molecule has 0 bridgehead atoms. The van der Waals surface area contributed by atoms with Crippen LogP contribution in [0.5, 0.6) is 0 Å². The molecular weight excluding hydrogens is 423 g/mol. The van der Waals surface area contributed by atoms with Gasteiger partial charge in [0.25, 0.3) is 0 Å². The highest BCUT2D eigenvalue weighted by atomic mass is 35.5. The largest absolute Gasteiger partial charge is 0.341 e. The molecule has 2 heterocycles. The van der Waals surface area contributed by atoms with Gasteiger partial charge in [0.2, 0.25) is 0 Å². The minimum Gasteiger partial charge on any atom is -0.341 e. The molecule has 0 aromatic heterocycles. The summed E-state index contributed by atoms with van der Waals surface area (Å²) in [7, 11) is -3.03. The lowest BCUT2D eigenvalue weighted by molar-refractivity contribution is 0.343. The molecule has 142 valence electrons. The van der Waals surface area contributed by atoms with E-state index in [9.17, 15) is 8.42 Å². The third-order valence-electron chi connectivity index (χ3n) is 4.76. The van der Waals surface area contributed by atoms with Crippen LogP contribution in [0.3, 0.4) is 0 Å². The van der Waals surface area contributed by atoms with Crippen molar-refractivity contribution in [1.82, 2.24) is 4.90 Å². The van der Waals surface area contributed by atoms with E-state index >= 15 is 0 Å². The van der Waals surface area contributed by atoms with E-state index in [2.05, 4.69) is 4.90 Å². The normalized spacial score (nSPS) is 23.3. The maximum Gasteiger partial charge on any atom is 0.160 e. The molecule has 0 radical (unpaired) electrons. The molecule has 2 atom stereocenters. The molecule has 2 aromatic carbocycles. The van der Waals surface area contributed by atoms with Gasteiger partial charge in [-0.15, -0.1) is 0 Å². The zero-order valence-corrected chi connectivity index (χ0v) is 17.5. The van der Waals surface area contributed by atoms with Crippen molar-refractivity contribution in [3.05, 3.63) is 69.7 Å². The van der Waals surface area contributed by atoms with Crippen molar-refractivity contribution in [2.75, 3.05) is 11.5 Å². The number of hydrogen-bond acceptors (Lipinski definition) is 5. The molecule has 4 rings (SSSR count). The molecule has 27 heavy (non-hydrogen) atoms. The van der Waals surface area contributed by atoms with E-state index in [0.29, 0.717) is 16.6 Å². The number of sulfone groups is 1. The summed E-state index contributed by atoms with van der Waals surface area (Å²) >= 11 is 13.6. The summed E-state index contributed by atoms with van der Waals surface area (Å²) in [5.41, 5.74) is 2.24. The Morgan fingerprint density at radius 2 is 1.56 bits per heavy atom. The highest BCUT2D eigenvalue weighted by molar-refractivity contribution is 8.13. The van der Waals surface area contributed by atoms with Crippen LogP contribution in [0.1, 0.15) is 11.1 Å². The van der Waals surface area contributed by atoms with Gasteiger partial charge in [-0.2, -0.15) is 0 Å². The Morgan fingerprint density at radius 1 is 0.963 bits per heavy atom. The van der Waals surface area contributed by atoms with E-state index in [1.54, 1.807) is 11.8 Å². The van der Waals surface area contributed by atoms with E-state index in [0.717, 1.165) is 22.0 Å². The third kappa shape index (κ3) is 4.45. The number of hydrogen-bond donors (Lipinski definition) is 0. The van der Waals surface area contributed by atoms with Crippen LogP contribution < -0.4 is 0 Å². The van der Waals surface area contributed by atoms with Crippen LogP contribution in [0.25, 0.3) is 0 Å². The molecule has 0 spiro atoms. The molecule has 1 saturated heterocycles. The summed E-state index contributed by atoms with van der Waals surface area (Å²) in [6.07, 6.45) is 0. The van der Waals surface area contributed by atoms with Crippen molar-refractivity contribution in [3.8, 4) is 0 Å². The van der Waals surface area contributed by atoms with Crippen molar-refractivity contribution in [1.29, 1.82) is 0 Å². The maximum atomic E-state index is 12.1. The van der Waals surface area contributed by atoms with Gasteiger partial charge in [0.05, 0.1) is 23.6 Å². The lowest BCUT2D eigenvalue weighted by atomic mass is 10.1. The number of benzene rings is 2. The monoisotopic (exact) mass is 440 g/mol. The number of thioether (sulfide) groups is 1. The zero-order valence-electron chi connectivity index (χ0n) is 14.4. The average Bonchev–Trinajstić information content (AvgIpc) is 3.09. The van der Waals surface area contributed by atoms with Crippen molar-refractivity contribution < 1.29 is 8.42 Å². The Hall–Kier alpha value is -1.21.